The second kappa shape index (κ2) is 11.7. The summed E-state index contributed by atoms with van der Waals surface area (Å²) >= 11 is 6.51. The fourth-order valence-corrected chi connectivity index (χ4v) is 7.22. The van der Waals surface area contributed by atoms with Crippen LogP contribution in [0.2, 0.25) is 5.02 Å². The summed E-state index contributed by atoms with van der Waals surface area (Å²) in [5, 5.41) is 9.82. The number of rotatable bonds is 9. The fraction of sp³-hybridized carbons (Fsp3) is 0.188. The van der Waals surface area contributed by atoms with E-state index in [1.54, 1.807) is 50.2 Å². The van der Waals surface area contributed by atoms with E-state index in [4.69, 9.17) is 30.5 Å². The summed E-state index contributed by atoms with van der Waals surface area (Å²) in [6.45, 7) is 3.61. The molecule has 12 heteroatoms. The van der Waals surface area contributed by atoms with Crippen LogP contribution in [-0.4, -0.2) is 45.9 Å². The molecule has 1 aliphatic heterocycles. The number of benzene rings is 4. The Hall–Kier alpha value is -4.74. The van der Waals surface area contributed by atoms with Gasteiger partial charge in [0.2, 0.25) is 0 Å². The Labute approximate surface area is 259 Å². The lowest BCUT2D eigenvalue weighted by molar-refractivity contribution is -0.119. The van der Waals surface area contributed by atoms with E-state index < -0.39 is 27.5 Å². The molecule has 1 atom stereocenters. The number of methoxy groups -OCH3 is 2. The molecule has 0 radical (unpaired) electrons. The summed E-state index contributed by atoms with van der Waals surface area (Å²) in [5.74, 6) is -0.556. The van der Waals surface area contributed by atoms with Crippen LogP contribution in [-0.2, 0) is 20.2 Å². The van der Waals surface area contributed by atoms with Crippen molar-refractivity contribution in [1.29, 1.82) is 0 Å². The smallest absolute Gasteiger partial charge is 0.497 e. The summed E-state index contributed by atoms with van der Waals surface area (Å²) < 4.78 is 51.7. The highest BCUT2D eigenvalue weighted by molar-refractivity contribution is 7.93. The lowest BCUT2D eigenvalue weighted by Crippen LogP contribution is -2.45. The SMILES string of the molecule is COc1ccc(S(=O)(=O)N2C(=O)C(c3ccccc3OC(=O)O)(c3ccccc3OC(C)C)c3cc(Cl)ccc32)c(OC)c1. The Kier molecular flexibility index (Phi) is 8.19. The van der Waals surface area contributed by atoms with Crippen molar-refractivity contribution < 1.29 is 42.1 Å². The number of anilines is 1. The molecule has 228 valence electrons. The number of fused-ring (bicyclic) bond motifs is 1. The van der Waals surface area contributed by atoms with Crippen molar-refractivity contribution >= 4 is 39.4 Å². The molecule has 10 nitrogen and oxygen atoms in total. The molecule has 0 aliphatic carbocycles. The van der Waals surface area contributed by atoms with Crippen molar-refractivity contribution in [2.24, 2.45) is 0 Å². The Morgan fingerprint density at radius 3 is 2.09 bits per heavy atom. The molecule has 44 heavy (non-hydrogen) atoms. The van der Waals surface area contributed by atoms with Crippen LogP contribution in [0.5, 0.6) is 23.0 Å². The van der Waals surface area contributed by atoms with Crippen molar-refractivity contribution in [2.75, 3.05) is 18.5 Å². The Balaban J connectivity index is 1.92. The van der Waals surface area contributed by atoms with Gasteiger partial charge in [-0.1, -0.05) is 48.0 Å². The number of nitrogens with zero attached hydrogens (tertiary/aromatic N) is 1. The molecule has 0 bridgehead atoms. The van der Waals surface area contributed by atoms with Gasteiger partial charge in [0.05, 0.1) is 26.0 Å². The van der Waals surface area contributed by atoms with E-state index in [-0.39, 0.29) is 55.6 Å². The quantitative estimate of drug-likeness (QED) is 0.167. The zero-order chi connectivity index (χ0) is 31.8. The Morgan fingerprint density at radius 2 is 1.48 bits per heavy atom. The number of carbonyl (C=O) groups excluding carboxylic acids is 1. The standard InChI is InChI=1S/C32H28ClNO9S/c1-19(2)42-26-11-7-5-9-22(26)32(23-10-6-8-12-27(23)43-31(36)37)24-17-20(33)13-15-25(24)34(30(32)35)44(38,39)29-16-14-21(40-3)18-28(29)41-4/h5-19H,1-4H3,(H,36,37). The predicted molar refractivity (Wildman–Crippen MR) is 163 cm³/mol. The van der Waals surface area contributed by atoms with Gasteiger partial charge in [0.1, 0.15) is 33.3 Å². The fourth-order valence-electron chi connectivity index (χ4n) is 5.45. The molecule has 1 N–H and O–H groups in total. The number of halogens is 1. The monoisotopic (exact) mass is 637 g/mol. The summed E-state index contributed by atoms with van der Waals surface area (Å²) in [7, 11) is -1.95. The van der Waals surface area contributed by atoms with Crippen LogP contribution in [0.25, 0.3) is 0 Å². The second-order valence-corrected chi connectivity index (χ2v) is 12.2. The number of sulfonamides is 1. The summed E-state index contributed by atoms with van der Waals surface area (Å²) in [5.41, 5.74) is -1.50. The van der Waals surface area contributed by atoms with Gasteiger partial charge >= 0.3 is 6.16 Å². The molecule has 1 unspecified atom stereocenters. The van der Waals surface area contributed by atoms with E-state index in [0.717, 1.165) is 0 Å². The number of amides is 1. The van der Waals surface area contributed by atoms with E-state index >= 15 is 4.79 Å². The van der Waals surface area contributed by atoms with Gasteiger partial charge in [-0.05, 0) is 56.3 Å². The molecule has 1 heterocycles. The maximum Gasteiger partial charge on any atom is 0.511 e. The van der Waals surface area contributed by atoms with Crippen molar-refractivity contribution in [3.8, 4) is 23.0 Å². The van der Waals surface area contributed by atoms with Crippen LogP contribution in [0.15, 0.2) is 89.8 Å². The molecular formula is C32H28ClNO9S. The first kappa shape index (κ1) is 30.7. The van der Waals surface area contributed by atoms with Gasteiger partial charge in [-0.15, -0.1) is 0 Å². The zero-order valence-corrected chi connectivity index (χ0v) is 25.7. The highest BCUT2D eigenvalue weighted by Crippen LogP contribution is 2.56. The molecule has 4 aromatic rings. The largest absolute Gasteiger partial charge is 0.511 e. The second-order valence-electron chi connectivity index (χ2n) is 10.0. The minimum absolute atomic E-state index is 0.00162. The minimum Gasteiger partial charge on any atom is -0.497 e. The molecule has 5 rings (SSSR count). The third kappa shape index (κ3) is 4.97. The zero-order valence-electron chi connectivity index (χ0n) is 24.1. The van der Waals surface area contributed by atoms with Gasteiger partial charge < -0.3 is 24.1 Å². The predicted octanol–water partition coefficient (Wildman–Crippen LogP) is 6.27. The summed E-state index contributed by atoms with van der Waals surface area (Å²) in [6, 6.07) is 21.2. The molecule has 0 fully saturated rings. The van der Waals surface area contributed by atoms with Gasteiger partial charge in [0.15, 0.2) is 0 Å². The Morgan fingerprint density at radius 1 is 0.841 bits per heavy atom. The van der Waals surface area contributed by atoms with E-state index in [1.807, 2.05) is 0 Å². The number of carboxylic acid groups (broad SMARTS) is 1. The highest BCUT2D eigenvalue weighted by Gasteiger charge is 2.59. The van der Waals surface area contributed by atoms with Gasteiger partial charge in [-0.25, -0.2) is 17.5 Å². The highest BCUT2D eigenvalue weighted by atomic mass is 35.5. The lowest BCUT2D eigenvalue weighted by atomic mass is 9.69. The van der Waals surface area contributed by atoms with Crippen LogP contribution in [0.4, 0.5) is 10.5 Å². The van der Waals surface area contributed by atoms with Crippen molar-refractivity contribution in [3.05, 3.63) is 107 Å². The van der Waals surface area contributed by atoms with E-state index in [9.17, 15) is 18.3 Å². The first-order valence-corrected chi connectivity index (χ1v) is 15.2. The first-order chi connectivity index (χ1) is 21.0. The number of para-hydroxylation sites is 2. The molecular weight excluding hydrogens is 610 g/mol. The molecule has 0 saturated heterocycles. The van der Waals surface area contributed by atoms with Crippen LogP contribution in [0, 0.1) is 0 Å². The normalized spacial score (nSPS) is 16.0. The van der Waals surface area contributed by atoms with Gasteiger partial charge in [0.25, 0.3) is 15.9 Å². The van der Waals surface area contributed by atoms with Crippen LogP contribution < -0.4 is 23.3 Å². The number of ether oxygens (including phenoxy) is 4. The van der Waals surface area contributed by atoms with Crippen LogP contribution in [0.3, 0.4) is 0 Å². The van der Waals surface area contributed by atoms with Gasteiger partial charge in [-0.3, -0.25) is 4.79 Å². The third-order valence-corrected chi connectivity index (χ3v) is 9.09. The van der Waals surface area contributed by atoms with Crippen LogP contribution in [0.1, 0.15) is 30.5 Å². The maximum absolute atomic E-state index is 15.2. The van der Waals surface area contributed by atoms with Crippen molar-refractivity contribution in [1.82, 2.24) is 0 Å². The topological polar surface area (TPSA) is 129 Å². The average molecular weight is 638 g/mol. The minimum atomic E-state index is -4.68. The van der Waals surface area contributed by atoms with E-state index in [1.165, 1.54) is 62.8 Å². The maximum atomic E-state index is 15.2. The summed E-state index contributed by atoms with van der Waals surface area (Å²) in [6.07, 6.45) is -1.96. The van der Waals surface area contributed by atoms with Crippen molar-refractivity contribution in [2.45, 2.75) is 30.3 Å². The molecule has 1 amide bonds. The number of hydrogen-bond acceptors (Lipinski definition) is 8. The molecule has 0 spiro atoms. The van der Waals surface area contributed by atoms with E-state index in [0.29, 0.717) is 10.1 Å². The molecule has 4 aromatic carbocycles. The Bertz CT molecular complexity index is 1880. The lowest BCUT2D eigenvalue weighted by Gasteiger charge is -2.33. The number of hydrogen-bond donors (Lipinski definition) is 1. The first-order valence-electron chi connectivity index (χ1n) is 13.3. The van der Waals surface area contributed by atoms with E-state index in [2.05, 4.69) is 0 Å². The van der Waals surface area contributed by atoms with Gasteiger partial charge in [-0.2, -0.15) is 0 Å². The average Bonchev–Trinajstić information content (AvgIpc) is 3.25. The van der Waals surface area contributed by atoms with Crippen LogP contribution >= 0.6 is 11.6 Å². The third-order valence-electron chi connectivity index (χ3n) is 7.12. The van der Waals surface area contributed by atoms with Crippen molar-refractivity contribution in [3.63, 3.8) is 0 Å². The number of carbonyl (C=O) groups is 2. The molecule has 0 saturated carbocycles. The summed E-state index contributed by atoms with van der Waals surface area (Å²) in [4.78, 5) is 26.7. The molecule has 1 aliphatic rings. The van der Waals surface area contributed by atoms with Gasteiger partial charge in [0, 0.05) is 27.8 Å². The molecule has 0 aromatic heterocycles.